The molecule has 1 aromatic rings. The first-order valence-corrected chi connectivity index (χ1v) is 9.14. The van der Waals surface area contributed by atoms with Crippen molar-refractivity contribution in [1.82, 2.24) is 10.3 Å². The van der Waals surface area contributed by atoms with Crippen LogP contribution in [0.25, 0.3) is 0 Å². The van der Waals surface area contributed by atoms with Crippen molar-refractivity contribution in [2.45, 2.75) is 32.7 Å². The third-order valence-electron chi connectivity index (χ3n) is 2.97. The van der Waals surface area contributed by atoms with E-state index in [1.807, 2.05) is 19.2 Å². The molecule has 1 atom stereocenters. The number of sulfone groups is 1. The molecule has 0 saturated carbocycles. The van der Waals surface area contributed by atoms with Gasteiger partial charge >= 0.3 is 0 Å². The van der Waals surface area contributed by atoms with Gasteiger partial charge in [-0.15, -0.1) is 0 Å². The van der Waals surface area contributed by atoms with E-state index >= 15 is 0 Å². The van der Waals surface area contributed by atoms with Crippen LogP contribution in [0.15, 0.2) is 22.9 Å². The first-order valence-electron chi connectivity index (χ1n) is 6.52. The molecule has 0 aliphatic carbocycles. The maximum Gasteiger partial charge on any atom is 0.150 e. The summed E-state index contributed by atoms with van der Waals surface area (Å²) in [6.07, 6.45) is 5.03. The van der Waals surface area contributed by atoms with Crippen LogP contribution in [0.5, 0.6) is 0 Å². The van der Waals surface area contributed by atoms with E-state index < -0.39 is 9.84 Å². The van der Waals surface area contributed by atoms with Gasteiger partial charge in [0.2, 0.25) is 0 Å². The average molecular weight is 349 g/mol. The van der Waals surface area contributed by atoms with Gasteiger partial charge in [-0.2, -0.15) is 0 Å². The number of hydrogen-bond donors (Lipinski definition) is 1. The zero-order chi connectivity index (χ0) is 14.3. The SMILES string of the molecule is CCNC(CCCS(=O)(=O)CC)c1cncc(Br)c1. The summed E-state index contributed by atoms with van der Waals surface area (Å²) in [4.78, 5) is 4.16. The van der Waals surface area contributed by atoms with E-state index in [4.69, 9.17) is 0 Å². The van der Waals surface area contributed by atoms with E-state index in [0.717, 1.165) is 23.0 Å². The lowest BCUT2D eigenvalue weighted by Crippen LogP contribution is -2.22. The monoisotopic (exact) mass is 348 g/mol. The van der Waals surface area contributed by atoms with E-state index in [2.05, 4.69) is 26.2 Å². The number of nitrogens with zero attached hydrogens (tertiary/aromatic N) is 1. The Morgan fingerprint density at radius 2 is 2.11 bits per heavy atom. The maximum atomic E-state index is 11.5. The Bertz CT molecular complexity index is 491. The van der Waals surface area contributed by atoms with Gasteiger partial charge in [-0.1, -0.05) is 13.8 Å². The fourth-order valence-corrected chi connectivity index (χ4v) is 3.18. The molecule has 0 aromatic carbocycles. The van der Waals surface area contributed by atoms with Gasteiger partial charge in [-0.05, 0) is 46.9 Å². The predicted octanol–water partition coefficient (Wildman–Crippen LogP) is 2.71. The second-order valence-corrected chi connectivity index (χ2v) is 7.81. The van der Waals surface area contributed by atoms with Crippen molar-refractivity contribution < 1.29 is 8.42 Å². The number of nitrogens with one attached hydrogen (secondary N) is 1. The number of rotatable bonds is 8. The molecule has 0 aliphatic heterocycles. The molecular formula is C13H21BrN2O2S. The highest BCUT2D eigenvalue weighted by Gasteiger charge is 2.13. The molecule has 0 saturated heterocycles. The van der Waals surface area contributed by atoms with Gasteiger partial charge in [0.05, 0.1) is 5.75 Å². The average Bonchev–Trinajstić information content (AvgIpc) is 2.37. The fraction of sp³-hybridized carbons (Fsp3) is 0.615. The molecule has 108 valence electrons. The molecular weight excluding hydrogens is 328 g/mol. The second kappa shape index (κ2) is 7.97. The maximum absolute atomic E-state index is 11.5. The van der Waals surface area contributed by atoms with Gasteiger partial charge in [-0.25, -0.2) is 8.42 Å². The molecule has 0 fully saturated rings. The zero-order valence-electron chi connectivity index (χ0n) is 11.4. The lowest BCUT2D eigenvalue weighted by Gasteiger charge is -2.18. The van der Waals surface area contributed by atoms with Crippen molar-refractivity contribution in [2.24, 2.45) is 0 Å². The normalized spacial score (nSPS) is 13.4. The predicted molar refractivity (Wildman–Crippen MR) is 81.9 cm³/mol. The Morgan fingerprint density at radius 3 is 2.68 bits per heavy atom. The van der Waals surface area contributed by atoms with Crippen molar-refractivity contribution in [3.63, 3.8) is 0 Å². The molecule has 1 unspecified atom stereocenters. The Morgan fingerprint density at radius 1 is 1.37 bits per heavy atom. The Balaban J connectivity index is 2.63. The smallest absolute Gasteiger partial charge is 0.150 e. The molecule has 1 N–H and O–H groups in total. The van der Waals surface area contributed by atoms with Crippen molar-refractivity contribution in [2.75, 3.05) is 18.1 Å². The lowest BCUT2D eigenvalue weighted by molar-refractivity contribution is 0.505. The van der Waals surface area contributed by atoms with Crippen LogP contribution in [0.3, 0.4) is 0 Å². The summed E-state index contributed by atoms with van der Waals surface area (Å²) >= 11 is 3.41. The number of pyridine rings is 1. The summed E-state index contributed by atoms with van der Waals surface area (Å²) in [6, 6.07) is 2.18. The Hall–Kier alpha value is -0.460. The van der Waals surface area contributed by atoms with Gasteiger partial charge in [0.25, 0.3) is 0 Å². The molecule has 4 nitrogen and oxygen atoms in total. The van der Waals surface area contributed by atoms with Crippen LogP contribution in [0.1, 0.15) is 38.3 Å². The summed E-state index contributed by atoms with van der Waals surface area (Å²) in [5, 5.41) is 3.37. The second-order valence-electron chi connectivity index (χ2n) is 4.43. The summed E-state index contributed by atoms with van der Waals surface area (Å²) in [7, 11) is -2.87. The van der Waals surface area contributed by atoms with Crippen LogP contribution in [0.4, 0.5) is 0 Å². The lowest BCUT2D eigenvalue weighted by atomic mass is 10.0. The van der Waals surface area contributed by atoms with Gasteiger partial charge in [0.15, 0.2) is 0 Å². The highest BCUT2D eigenvalue weighted by molar-refractivity contribution is 9.10. The first-order chi connectivity index (χ1) is 8.98. The zero-order valence-corrected chi connectivity index (χ0v) is 13.8. The van der Waals surface area contributed by atoms with Crippen LogP contribution in [0, 0.1) is 0 Å². The van der Waals surface area contributed by atoms with E-state index in [1.165, 1.54) is 0 Å². The summed E-state index contributed by atoms with van der Waals surface area (Å²) < 4.78 is 23.9. The van der Waals surface area contributed by atoms with E-state index in [9.17, 15) is 8.42 Å². The van der Waals surface area contributed by atoms with Crippen LogP contribution in [-0.2, 0) is 9.84 Å². The first kappa shape index (κ1) is 16.6. The molecule has 1 heterocycles. The van der Waals surface area contributed by atoms with Crippen LogP contribution < -0.4 is 5.32 Å². The topological polar surface area (TPSA) is 59.1 Å². The number of halogens is 1. The van der Waals surface area contributed by atoms with Gasteiger partial charge in [0, 0.05) is 28.7 Å². The molecule has 0 radical (unpaired) electrons. The molecule has 6 heteroatoms. The molecule has 0 bridgehead atoms. The minimum absolute atomic E-state index is 0.155. The van der Waals surface area contributed by atoms with Gasteiger partial charge < -0.3 is 5.32 Å². The van der Waals surface area contributed by atoms with Crippen molar-refractivity contribution in [1.29, 1.82) is 0 Å². The fourth-order valence-electron chi connectivity index (χ4n) is 1.90. The third-order valence-corrected chi connectivity index (χ3v) is 5.19. The number of hydrogen-bond acceptors (Lipinski definition) is 4. The molecule has 19 heavy (non-hydrogen) atoms. The summed E-state index contributed by atoms with van der Waals surface area (Å²) in [5.74, 6) is 0.476. The summed E-state index contributed by atoms with van der Waals surface area (Å²) in [5.41, 5.74) is 1.09. The number of aromatic nitrogens is 1. The quantitative estimate of drug-likeness (QED) is 0.784. The van der Waals surface area contributed by atoms with Crippen LogP contribution in [0.2, 0.25) is 0 Å². The minimum Gasteiger partial charge on any atom is -0.310 e. The standard InChI is InChI=1S/C13H21BrN2O2S/c1-3-16-13(6-5-7-19(17,18)4-2)11-8-12(14)10-15-9-11/h8-10,13,16H,3-7H2,1-2H3. The molecule has 0 spiro atoms. The molecule has 0 aliphatic rings. The van der Waals surface area contributed by atoms with Crippen molar-refractivity contribution >= 4 is 25.8 Å². The minimum atomic E-state index is -2.87. The Labute approximate surface area is 124 Å². The molecule has 1 aromatic heterocycles. The van der Waals surface area contributed by atoms with Crippen molar-refractivity contribution in [3.05, 3.63) is 28.5 Å². The summed E-state index contributed by atoms with van der Waals surface area (Å²) in [6.45, 7) is 4.58. The highest BCUT2D eigenvalue weighted by atomic mass is 79.9. The van der Waals surface area contributed by atoms with Crippen LogP contribution in [-0.4, -0.2) is 31.5 Å². The third kappa shape index (κ3) is 6.01. The van der Waals surface area contributed by atoms with Gasteiger partial charge in [-0.3, -0.25) is 4.98 Å². The Kier molecular flexibility index (Phi) is 6.96. The van der Waals surface area contributed by atoms with Crippen molar-refractivity contribution in [3.8, 4) is 0 Å². The molecule has 1 rings (SSSR count). The largest absolute Gasteiger partial charge is 0.310 e. The highest BCUT2D eigenvalue weighted by Crippen LogP contribution is 2.21. The van der Waals surface area contributed by atoms with Crippen LogP contribution >= 0.6 is 15.9 Å². The van der Waals surface area contributed by atoms with Gasteiger partial charge in [0.1, 0.15) is 9.84 Å². The van der Waals surface area contributed by atoms with E-state index in [-0.39, 0.29) is 17.5 Å². The molecule has 0 amide bonds. The van der Waals surface area contributed by atoms with E-state index in [0.29, 0.717) is 6.42 Å². The van der Waals surface area contributed by atoms with E-state index in [1.54, 1.807) is 13.1 Å².